The van der Waals surface area contributed by atoms with Crippen LogP contribution in [-0.2, 0) is 21.1 Å². The average Bonchev–Trinajstić information content (AvgIpc) is 1.62. The van der Waals surface area contributed by atoms with E-state index >= 15 is 0 Å². The second-order valence-corrected chi connectivity index (χ2v) is 2.04. The molecule has 0 aromatic rings. The Balaban J connectivity index is 0.000000640. The van der Waals surface area contributed by atoms with Crippen LogP contribution in [0.15, 0.2) is 18.2 Å². The van der Waals surface area contributed by atoms with E-state index in [-0.39, 0.29) is 21.1 Å². The molecule has 0 fully saturated rings. The van der Waals surface area contributed by atoms with Gasteiger partial charge in [-0.25, -0.2) is 12.2 Å². The summed E-state index contributed by atoms with van der Waals surface area (Å²) in [7, 11) is 0. The van der Waals surface area contributed by atoms with Crippen LogP contribution in [0.2, 0.25) is 0 Å². The zero-order chi connectivity index (χ0) is 5.66. The fourth-order valence-corrected chi connectivity index (χ4v) is 0.805. The summed E-state index contributed by atoms with van der Waals surface area (Å²) in [6.45, 7) is 0. The molecular weight excluding hydrogens is 291 g/mol. The molecule has 0 heterocycles. The molecule has 0 saturated heterocycles. The molecule has 1 rings (SSSR count). The van der Waals surface area contributed by atoms with Crippen LogP contribution in [0.3, 0.4) is 0 Å². The van der Waals surface area contributed by atoms with Crippen molar-refractivity contribution in [2.24, 2.45) is 0 Å². The Labute approximate surface area is 71.3 Å². The van der Waals surface area contributed by atoms with Crippen molar-refractivity contribution in [1.82, 2.24) is 0 Å². The molecule has 0 spiro atoms. The standard InChI is InChI=1S/C8H11.Pt/c1-2-4-6-8-7-5-3-1;/h1-3H,4,6-8H2;/q-1;. The maximum atomic E-state index is 3.18. The van der Waals surface area contributed by atoms with Crippen LogP contribution < -0.4 is 0 Å². The SMILES string of the molecule is [C-]1=CC=CCCCC1.[Pt]. The number of hydrogen-bond acceptors (Lipinski definition) is 0. The van der Waals surface area contributed by atoms with Crippen LogP contribution in [0.4, 0.5) is 0 Å². The summed E-state index contributed by atoms with van der Waals surface area (Å²) >= 11 is 0. The minimum Gasteiger partial charge on any atom is -0.275 e. The monoisotopic (exact) mass is 302 g/mol. The summed E-state index contributed by atoms with van der Waals surface area (Å²) in [5.74, 6) is 0. The van der Waals surface area contributed by atoms with Gasteiger partial charge in [0.25, 0.3) is 0 Å². The van der Waals surface area contributed by atoms with E-state index in [9.17, 15) is 0 Å². The van der Waals surface area contributed by atoms with Gasteiger partial charge in [-0.1, -0.05) is 19.3 Å². The average molecular weight is 302 g/mol. The zero-order valence-corrected chi connectivity index (χ0v) is 7.65. The van der Waals surface area contributed by atoms with E-state index in [1.54, 1.807) is 0 Å². The first-order valence-corrected chi connectivity index (χ1v) is 3.22. The molecule has 0 atom stereocenters. The molecular formula is C8H11Pt-. The van der Waals surface area contributed by atoms with E-state index < -0.39 is 0 Å². The van der Waals surface area contributed by atoms with E-state index in [4.69, 9.17) is 0 Å². The topological polar surface area (TPSA) is 0 Å². The third-order valence-electron chi connectivity index (χ3n) is 1.29. The molecule has 1 heteroatoms. The minimum atomic E-state index is 0. The molecule has 0 amide bonds. The number of allylic oxidation sites excluding steroid dienone is 4. The molecule has 9 heavy (non-hydrogen) atoms. The Kier molecular flexibility index (Phi) is 6.41. The Hall–Kier alpha value is 0.168. The van der Waals surface area contributed by atoms with Gasteiger partial charge in [0.05, 0.1) is 0 Å². The first-order valence-electron chi connectivity index (χ1n) is 3.22. The van der Waals surface area contributed by atoms with Gasteiger partial charge in [-0.15, -0.1) is 6.42 Å². The van der Waals surface area contributed by atoms with Crippen molar-refractivity contribution in [1.29, 1.82) is 0 Å². The van der Waals surface area contributed by atoms with Gasteiger partial charge in [0.2, 0.25) is 0 Å². The van der Waals surface area contributed by atoms with Gasteiger partial charge in [-0.2, -0.15) is 6.08 Å². The second kappa shape index (κ2) is 6.29. The number of rotatable bonds is 0. The summed E-state index contributed by atoms with van der Waals surface area (Å²) in [6.07, 6.45) is 14.5. The molecule has 1 aliphatic rings. The molecule has 0 nitrogen and oxygen atoms in total. The normalized spacial score (nSPS) is 17.8. The van der Waals surface area contributed by atoms with Crippen molar-refractivity contribution in [2.45, 2.75) is 25.7 Å². The van der Waals surface area contributed by atoms with E-state index in [1.165, 1.54) is 19.3 Å². The molecule has 0 radical (unpaired) electrons. The van der Waals surface area contributed by atoms with Gasteiger partial charge >= 0.3 is 0 Å². The fraction of sp³-hybridized carbons (Fsp3) is 0.500. The molecule has 0 unspecified atom stereocenters. The van der Waals surface area contributed by atoms with Gasteiger partial charge in [0.1, 0.15) is 0 Å². The Morgan fingerprint density at radius 2 is 2.11 bits per heavy atom. The molecule has 0 saturated carbocycles. The van der Waals surface area contributed by atoms with Gasteiger partial charge < -0.3 is 0 Å². The molecule has 0 aromatic carbocycles. The van der Waals surface area contributed by atoms with Crippen molar-refractivity contribution in [3.8, 4) is 0 Å². The van der Waals surface area contributed by atoms with Crippen LogP contribution in [0, 0.1) is 6.08 Å². The predicted octanol–water partition coefficient (Wildman–Crippen LogP) is 2.47. The van der Waals surface area contributed by atoms with Crippen molar-refractivity contribution in [3.63, 3.8) is 0 Å². The van der Waals surface area contributed by atoms with Crippen LogP contribution in [0.1, 0.15) is 25.7 Å². The van der Waals surface area contributed by atoms with Crippen molar-refractivity contribution >= 4 is 0 Å². The van der Waals surface area contributed by atoms with Gasteiger partial charge in [-0.3, -0.25) is 6.08 Å². The van der Waals surface area contributed by atoms with Crippen molar-refractivity contribution in [2.75, 3.05) is 0 Å². The maximum absolute atomic E-state index is 3.18. The van der Waals surface area contributed by atoms with E-state index in [2.05, 4.69) is 18.2 Å². The summed E-state index contributed by atoms with van der Waals surface area (Å²) < 4.78 is 0. The first kappa shape index (κ1) is 9.17. The molecule has 1 aliphatic carbocycles. The largest absolute Gasteiger partial charge is 0.275 e. The van der Waals surface area contributed by atoms with Crippen LogP contribution in [-0.4, -0.2) is 0 Å². The van der Waals surface area contributed by atoms with Gasteiger partial charge in [0.15, 0.2) is 0 Å². The summed E-state index contributed by atoms with van der Waals surface area (Å²) in [5.41, 5.74) is 0. The third-order valence-corrected chi connectivity index (χ3v) is 1.29. The molecule has 54 valence electrons. The maximum Gasteiger partial charge on any atom is 0 e. The molecule has 0 aliphatic heterocycles. The Morgan fingerprint density at radius 3 is 3.00 bits per heavy atom. The second-order valence-electron chi connectivity index (χ2n) is 2.04. The first-order chi connectivity index (χ1) is 4.00. The van der Waals surface area contributed by atoms with Crippen LogP contribution in [0.5, 0.6) is 0 Å². The molecule has 0 N–H and O–H groups in total. The van der Waals surface area contributed by atoms with Gasteiger partial charge in [-0.05, 0) is 0 Å². The van der Waals surface area contributed by atoms with Crippen LogP contribution in [0.25, 0.3) is 0 Å². The molecule has 0 bridgehead atoms. The Morgan fingerprint density at radius 1 is 1.22 bits per heavy atom. The smallest absolute Gasteiger partial charge is 0 e. The van der Waals surface area contributed by atoms with E-state index in [1.807, 2.05) is 6.08 Å². The predicted molar refractivity (Wildman–Crippen MR) is 35.4 cm³/mol. The molecule has 0 aromatic heterocycles. The summed E-state index contributed by atoms with van der Waals surface area (Å²) in [4.78, 5) is 0. The fourth-order valence-electron chi connectivity index (χ4n) is 0.805. The Bertz CT molecular complexity index is 89.1. The number of hydrogen-bond donors (Lipinski definition) is 0. The third kappa shape index (κ3) is 4.66. The van der Waals surface area contributed by atoms with Crippen molar-refractivity contribution in [3.05, 3.63) is 24.3 Å². The van der Waals surface area contributed by atoms with E-state index in [0.29, 0.717) is 0 Å². The zero-order valence-electron chi connectivity index (χ0n) is 5.38. The van der Waals surface area contributed by atoms with E-state index in [0.717, 1.165) is 6.42 Å². The van der Waals surface area contributed by atoms with Crippen LogP contribution >= 0.6 is 0 Å². The summed E-state index contributed by atoms with van der Waals surface area (Å²) in [5, 5.41) is 0. The minimum absolute atomic E-state index is 0. The van der Waals surface area contributed by atoms with Crippen molar-refractivity contribution < 1.29 is 21.1 Å². The quantitative estimate of drug-likeness (QED) is 0.603. The summed E-state index contributed by atoms with van der Waals surface area (Å²) in [6, 6.07) is 0. The van der Waals surface area contributed by atoms with Gasteiger partial charge in [0, 0.05) is 21.1 Å².